The van der Waals surface area contributed by atoms with Crippen LogP contribution in [0.25, 0.3) is 11.1 Å². The summed E-state index contributed by atoms with van der Waals surface area (Å²) < 4.78 is 7.45. The van der Waals surface area contributed by atoms with Crippen LogP contribution in [0.1, 0.15) is 43.4 Å². The third kappa shape index (κ3) is 2.77. The van der Waals surface area contributed by atoms with Crippen LogP contribution in [0.3, 0.4) is 0 Å². The van der Waals surface area contributed by atoms with Crippen LogP contribution in [-0.4, -0.2) is 11.7 Å². The van der Waals surface area contributed by atoms with E-state index in [0.29, 0.717) is 5.92 Å². The Hall–Kier alpha value is -2.03. The van der Waals surface area contributed by atoms with Gasteiger partial charge in [0.2, 0.25) is 0 Å². The number of ether oxygens (including phenoxy) is 1. The zero-order valence-corrected chi connectivity index (χ0v) is 14.4. The molecule has 0 saturated heterocycles. The number of pyridine rings is 1. The van der Waals surface area contributed by atoms with Crippen molar-refractivity contribution in [2.24, 2.45) is 5.92 Å². The van der Waals surface area contributed by atoms with E-state index in [1.165, 1.54) is 43.4 Å². The second-order valence-electron chi connectivity index (χ2n) is 7.18. The molecule has 3 nitrogen and oxygen atoms in total. The van der Waals surface area contributed by atoms with Crippen molar-refractivity contribution in [2.45, 2.75) is 51.5 Å². The van der Waals surface area contributed by atoms with Gasteiger partial charge < -0.3 is 9.30 Å². The van der Waals surface area contributed by atoms with E-state index in [2.05, 4.69) is 10.6 Å². The van der Waals surface area contributed by atoms with Crippen LogP contribution in [-0.2, 0) is 19.4 Å². The molecular formula is C21H25NO2. The quantitative estimate of drug-likeness (QED) is 0.844. The summed E-state index contributed by atoms with van der Waals surface area (Å²) in [5.74, 6) is 1.49. The third-order valence-corrected chi connectivity index (χ3v) is 5.65. The van der Waals surface area contributed by atoms with Gasteiger partial charge in [-0.1, -0.05) is 18.6 Å². The lowest BCUT2D eigenvalue weighted by atomic mass is 9.84. The molecule has 1 saturated carbocycles. The molecular weight excluding hydrogens is 298 g/mol. The second kappa shape index (κ2) is 6.46. The number of nitrogens with zero attached hydrogens (tertiary/aromatic N) is 1. The summed E-state index contributed by atoms with van der Waals surface area (Å²) in [7, 11) is 1.67. The normalized spacial score (nSPS) is 17.2. The predicted octanol–water partition coefficient (Wildman–Crippen LogP) is 4.20. The number of benzene rings is 1. The smallest absolute Gasteiger partial charge is 0.258 e. The third-order valence-electron chi connectivity index (χ3n) is 5.65. The molecule has 0 N–H and O–H groups in total. The Bertz CT molecular complexity index is 802. The molecule has 3 heteroatoms. The topological polar surface area (TPSA) is 31.2 Å². The van der Waals surface area contributed by atoms with Crippen LogP contribution in [0.2, 0.25) is 0 Å². The summed E-state index contributed by atoms with van der Waals surface area (Å²) in [4.78, 5) is 13.2. The van der Waals surface area contributed by atoms with Crippen molar-refractivity contribution >= 4 is 0 Å². The molecule has 0 aliphatic heterocycles. The van der Waals surface area contributed by atoms with Gasteiger partial charge in [-0.05, 0) is 73.8 Å². The maximum atomic E-state index is 13.2. The van der Waals surface area contributed by atoms with Crippen molar-refractivity contribution in [2.75, 3.05) is 7.11 Å². The Morgan fingerprint density at radius 3 is 2.71 bits per heavy atom. The Morgan fingerprint density at radius 1 is 1.12 bits per heavy atom. The number of hydrogen-bond acceptors (Lipinski definition) is 2. The molecule has 0 atom stereocenters. The monoisotopic (exact) mass is 323 g/mol. The average molecular weight is 323 g/mol. The molecule has 1 heterocycles. The first kappa shape index (κ1) is 15.5. The minimum Gasteiger partial charge on any atom is -0.497 e. The number of rotatable bonds is 4. The van der Waals surface area contributed by atoms with E-state index in [0.717, 1.165) is 36.3 Å². The van der Waals surface area contributed by atoms with Gasteiger partial charge in [-0.15, -0.1) is 0 Å². The SMILES string of the molecule is COc1cccc(-c2cc3c(n(CC4CCC4)c2=O)CCCC3)c1. The standard InChI is InChI=1S/C21H25NO2/c1-24-18-10-5-9-16(12-18)19-13-17-8-2-3-11-20(17)22(21(19)23)14-15-6-4-7-15/h5,9-10,12-13,15H,2-4,6-8,11,14H2,1H3. The number of aryl methyl sites for hydroxylation is 1. The zero-order valence-electron chi connectivity index (χ0n) is 14.4. The zero-order chi connectivity index (χ0) is 16.5. The fraction of sp³-hybridized carbons (Fsp3) is 0.476. The first-order valence-electron chi connectivity index (χ1n) is 9.16. The molecule has 2 aliphatic rings. The van der Waals surface area contributed by atoms with Gasteiger partial charge in [0.05, 0.1) is 7.11 Å². The fourth-order valence-corrected chi connectivity index (χ4v) is 4.00. The largest absolute Gasteiger partial charge is 0.497 e. The summed E-state index contributed by atoms with van der Waals surface area (Å²) in [5.41, 5.74) is 4.64. The lowest BCUT2D eigenvalue weighted by Gasteiger charge is -2.30. The van der Waals surface area contributed by atoms with Crippen LogP contribution < -0.4 is 10.3 Å². The van der Waals surface area contributed by atoms with E-state index in [9.17, 15) is 4.79 Å². The lowest BCUT2D eigenvalue weighted by Crippen LogP contribution is -2.32. The summed E-state index contributed by atoms with van der Waals surface area (Å²) in [6.45, 7) is 0.902. The van der Waals surface area contributed by atoms with Gasteiger partial charge in [-0.2, -0.15) is 0 Å². The highest BCUT2D eigenvalue weighted by Crippen LogP contribution is 2.31. The Balaban J connectivity index is 1.84. The van der Waals surface area contributed by atoms with Gasteiger partial charge in [0.15, 0.2) is 0 Å². The van der Waals surface area contributed by atoms with Gasteiger partial charge >= 0.3 is 0 Å². The molecule has 2 aromatic rings. The predicted molar refractivity (Wildman–Crippen MR) is 96.7 cm³/mol. The highest BCUT2D eigenvalue weighted by Gasteiger charge is 2.23. The van der Waals surface area contributed by atoms with Gasteiger partial charge in [0.1, 0.15) is 5.75 Å². The maximum Gasteiger partial charge on any atom is 0.258 e. The molecule has 0 bridgehead atoms. The highest BCUT2D eigenvalue weighted by molar-refractivity contribution is 5.65. The molecule has 1 aromatic carbocycles. The summed E-state index contributed by atoms with van der Waals surface area (Å²) in [6.07, 6.45) is 8.43. The first-order chi connectivity index (χ1) is 11.8. The first-order valence-corrected chi connectivity index (χ1v) is 9.16. The highest BCUT2D eigenvalue weighted by atomic mass is 16.5. The molecule has 126 valence electrons. The molecule has 0 unspecified atom stereocenters. The Morgan fingerprint density at radius 2 is 1.96 bits per heavy atom. The van der Waals surface area contributed by atoms with Gasteiger partial charge in [-0.25, -0.2) is 0 Å². The molecule has 0 radical (unpaired) electrons. The van der Waals surface area contributed by atoms with Gasteiger partial charge in [0.25, 0.3) is 5.56 Å². The van der Waals surface area contributed by atoms with E-state index in [1.807, 2.05) is 24.3 Å². The van der Waals surface area contributed by atoms with Crippen LogP contribution >= 0.6 is 0 Å². The fourth-order valence-electron chi connectivity index (χ4n) is 4.00. The van der Waals surface area contributed by atoms with Gasteiger partial charge in [-0.3, -0.25) is 4.79 Å². The van der Waals surface area contributed by atoms with Crippen LogP contribution in [0.5, 0.6) is 5.75 Å². The van der Waals surface area contributed by atoms with Crippen molar-refractivity contribution < 1.29 is 4.74 Å². The number of aromatic nitrogens is 1. The van der Waals surface area contributed by atoms with E-state index in [-0.39, 0.29) is 5.56 Å². The molecule has 0 amide bonds. The lowest BCUT2D eigenvalue weighted by molar-refractivity contribution is 0.269. The Kier molecular flexibility index (Phi) is 4.17. The van der Waals surface area contributed by atoms with Crippen molar-refractivity contribution in [3.63, 3.8) is 0 Å². The Labute approximate surface area is 143 Å². The molecule has 1 fully saturated rings. The summed E-state index contributed by atoms with van der Waals surface area (Å²) in [5, 5.41) is 0. The molecule has 4 rings (SSSR count). The van der Waals surface area contributed by atoms with Crippen LogP contribution in [0.15, 0.2) is 35.1 Å². The van der Waals surface area contributed by atoms with Crippen molar-refractivity contribution in [3.05, 3.63) is 51.9 Å². The van der Waals surface area contributed by atoms with E-state index < -0.39 is 0 Å². The number of fused-ring (bicyclic) bond motifs is 1. The average Bonchev–Trinajstić information content (AvgIpc) is 2.59. The second-order valence-corrected chi connectivity index (χ2v) is 7.18. The summed E-state index contributed by atoms with van der Waals surface area (Å²) in [6, 6.07) is 10.0. The minimum absolute atomic E-state index is 0.177. The molecule has 0 spiro atoms. The maximum absolute atomic E-state index is 13.2. The van der Waals surface area contributed by atoms with E-state index in [4.69, 9.17) is 4.74 Å². The van der Waals surface area contributed by atoms with Crippen LogP contribution in [0, 0.1) is 5.92 Å². The summed E-state index contributed by atoms with van der Waals surface area (Å²) >= 11 is 0. The molecule has 24 heavy (non-hydrogen) atoms. The van der Waals surface area contributed by atoms with E-state index >= 15 is 0 Å². The number of methoxy groups -OCH3 is 1. The van der Waals surface area contributed by atoms with Crippen LogP contribution in [0.4, 0.5) is 0 Å². The molecule has 1 aromatic heterocycles. The number of hydrogen-bond donors (Lipinski definition) is 0. The van der Waals surface area contributed by atoms with Crippen molar-refractivity contribution in [1.29, 1.82) is 0 Å². The van der Waals surface area contributed by atoms with E-state index in [1.54, 1.807) is 7.11 Å². The minimum atomic E-state index is 0.177. The van der Waals surface area contributed by atoms with Crippen molar-refractivity contribution in [3.8, 4) is 16.9 Å². The van der Waals surface area contributed by atoms with Crippen molar-refractivity contribution in [1.82, 2.24) is 4.57 Å². The van der Waals surface area contributed by atoms with Gasteiger partial charge in [0, 0.05) is 17.8 Å². The molecule has 2 aliphatic carbocycles.